The van der Waals surface area contributed by atoms with Gasteiger partial charge in [0.25, 0.3) is 0 Å². The van der Waals surface area contributed by atoms with Crippen LogP contribution in [0.15, 0.2) is 24.3 Å². The first-order valence-corrected chi connectivity index (χ1v) is 6.67. The monoisotopic (exact) mass is 248 g/mol. The van der Waals surface area contributed by atoms with Crippen molar-refractivity contribution in [1.29, 1.82) is 0 Å². The molecule has 2 N–H and O–H groups in total. The van der Waals surface area contributed by atoms with E-state index in [2.05, 4.69) is 0 Å². The predicted octanol–water partition coefficient (Wildman–Crippen LogP) is 2.87. The molecule has 1 fully saturated rings. The standard InChI is InChI=1S/C15H20O3/c16-14(12-4-2-1-3-5-12)10-11-6-8-13(9-7-11)15(17)18/h6-9,12,14,16H,1-5,10H2,(H,17,18). The molecule has 3 heteroatoms. The van der Waals surface area contributed by atoms with Gasteiger partial charge < -0.3 is 10.2 Å². The van der Waals surface area contributed by atoms with E-state index < -0.39 is 5.97 Å². The lowest BCUT2D eigenvalue weighted by Crippen LogP contribution is -2.24. The van der Waals surface area contributed by atoms with Crippen molar-refractivity contribution >= 4 is 5.97 Å². The molecule has 0 spiro atoms. The van der Waals surface area contributed by atoms with E-state index in [-0.39, 0.29) is 6.10 Å². The molecule has 18 heavy (non-hydrogen) atoms. The lowest BCUT2D eigenvalue weighted by molar-refractivity contribution is 0.0697. The summed E-state index contributed by atoms with van der Waals surface area (Å²) in [5.41, 5.74) is 1.31. The summed E-state index contributed by atoms with van der Waals surface area (Å²) in [6, 6.07) is 6.81. The molecule has 0 bridgehead atoms. The molecule has 1 saturated carbocycles. The molecular weight excluding hydrogens is 228 g/mol. The normalized spacial score (nSPS) is 18.5. The summed E-state index contributed by atoms with van der Waals surface area (Å²) in [5, 5.41) is 19.0. The minimum atomic E-state index is -0.908. The SMILES string of the molecule is O=C(O)c1ccc(CC(O)C2CCCCC2)cc1. The van der Waals surface area contributed by atoms with Gasteiger partial charge in [-0.05, 0) is 42.9 Å². The van der Waals surface area contributed by atoms with Crippen molar-refractivity contribution in [1.82, 2.24) is 0 Å². The van der Waals surface area contributed by atoms with Crippen LogP contribution in [0, 0.1) is 5.92 Å². The highest BCUT2D eigenvalue weighted by atomic mass is 16.4. The van der Waals surface area contributed by atoms with Crippen LogP contribution in [0.2, 0.25) is 0 Å². The third-order valence-corrected chi connectivity index (χ3v) is 3.84. The van der Waals surface area contributed by atoms with Crippen LogP contribution in [0.3, 0.4) is 0 Å². The van der Waals surface area contributed by atoms with Crippen molar-refractivity contribution < 1.29 is 15.0 Å². The van der Waals surface area contributed by atoms with Crippen LogP contribution in [0.25, 0.3) is 0 Å². The predicted molar refractivity (Wildman–Crippen MR) is 69.7 cm³/mol. The molecule has 1 atom stereocenters. The van der Waals surface area contributed by atoms with E-state index in [1.54, 1.807) is 24.3 Å². The molecule has 3 nitrogen and oxygen atoms in total. The number of carboxylic acids is 1. The van der Waals surface area contributed by atoms with Gasteiger partial charge in [0.2, 0.25) is 0 Å². The molecule has 0 aliphatic heterocycles. The smallest absolute Gasteiger partial charge is 0.335 e. The van der Waals surface area contributed by atoms with Crippen molar-refractivity contribution in [2.75, 3.05) is 0 Å². The molecule has 1 unspecified atom stereocenters. The van der Waals surface area contributed by atoms with Gasteiger partial charge in [0.1, 0.15) is 0 Å². The van der Waals surface area contributed by atoms with Crippen LogP contribution in [-0.2, 0) is 6.42 Å². The van der Waals surface area contributed by atoms with Crippen LogP contribution in [0.5, 0.6) is 0 Å². The van der Waals surface area contributed by atoms with Gasteiger partial charge in [-0.15, -0.1) is 0 Å². The molecule has 0 saturated heterocycles. The molecule has 0 aromatic heterocycles. The zero-order valence-electron chi connectivity index (χ0n) is 10.5. The number of aromatic carboxylic acids is 1. The van der Waals surface area contributed by atoms with Gasteiger partial charge in [0, 0.05) is 0 Å². The number of hydrogen-bond acceptors (Lipinski definition) is 2. The lowest BCUT2D eigenvalue weighted by atomic mass is 9.83. The second-order valence-electron chi connectivity index (χ2n) is 5.17. The van der Waals surface area contributed by atoms with Gasteiger partial charge in [-0.1, -0.05) is 31.4 Å². The fourth-order valence-electron chi connectivity index (χ4n) is 2.71. The maximum Gasteiger partial charge on any atom is 0.335 e. The highest BCUT2D eigenvalue weighted by Crippen LogP contribution is 2.27. The Morgan fingerprint density at radius 2 is 1.78 bits per heavy atom. The Morgan fingerprint density at radius 1 is 1.17 bits per heavy atom. The Morgan fingerprint density at radius 3 is 2.33 bits per heavy atom. The number of carboxylic acid groups (broad SMARTS) is 1. The Labute approximate surface area is 107 Å². The zero-order chi connectivity index (χ0) is 13.0. The Hall–Kier alpha value is -1.35. The molecule has 2 rings (SSSR count). The molecule has 0 heterocycles. The molecule has 0 radical (unpaired) electrons. The molecular formula is C15H20O3. The van der Waals surface area contributed by atoms with Gasteiger partial charge >= 0.3 is 5.97 Å². The number of aliphatic hydroxyl groups excluding tert-OH is 1. The van der Waals surface area contributed by atoms with Gasteiger partial charge in [-0.2, -0.15) is 0 Å². The fourth-order valence-corrected chi connectivity index (χ4v) is 2.71. The van der Waals surface area contributed by atoms with Crippen LogP contribution in [0.1, 0.15) is 48.0 Å². The Bertz CT molecular complexity index is 391. The lowest BCUT2D eigenvalue weighted by Gasteiger charge is -2.26. The van der Waals surface area contributed by atoms with E-state index in [4.69, 9.17) is 5.11 Å². The van der Waals surface area contributed by atoms with Crippen molar-refractivity contribution in [2.45, 2.75) is 44.6 Å². The molecule has 1 aromatic rings. The first-order chi connectivity index (χ1) is 8.66. The van der Waals surface area contributed by atoms with E-state index in [9.17, 15) is 9.90 Å². The Balaban J connectivity index is 1.93. The van der Waals surface area contributed by atoms with Crippen molar-refractivity contribution in [2.24, 2.45) is 5.92 Å². The topological polar surface area (TPSA) is 57.5 Å². The van der Waals surface area contributed by atoms with Crippen molar-refractivity contribution in [3.05, 3.63) is 35.4 Å². The molecule has 0 amide bonds. The number of rotatable bonds is 4. The molecule has 1 aromatic carbocycles. The highest BCUT2D eigenvalue weighted by Gasteiger charge is 2.21. The number of carbonyl (C=O) groups is 1. The quantitative estimate of drug-likeness (QED) is 0.861. The maximum absolute atomic E-state index is 10.7. The van der Waals surface area contributed by atoms with Crippen molar-refractivity contribution in [3.63, 3.8) is 0 Å². The highest BCUT2D eigenvalue weighted by molar-refractivity contribution is 5.87. The minimum absolute atomic E-state index is 0.291. The molecule has 1 aliphatic carbocycles. The summed E-state index contributed by atoms with van der Waals surface area (Å²) >= 11 is 0. The summed E-state index contributed by atoms with van der Waals surface area (Å²) in [4.78, 5) is 10.7. The van der Waals surface area contributed by atoms with Gasteiger partial charge in [-0.3, -0.25) is 0 Å². The Kier molecular flexibility index (Phi) is 4.37. The van der Waals surface area contributed by atoms with E-state index in [1.165, 1.54) is 19.3 Å². The summed E-state index contributed by atoms with van der Waals surface area (Å²) in [6.45, 7) is 0. The zero-order valence-corrected chi connectivity index (χ0v) is 10.5. The average Bonchev–Trinajstić information content (AvgIpc) is 2.40. The number of benzene rings is 1. The average molecular weight is 248 g/mol. The van der Waals surface area contributed by atoms with Gasteiger partial charge in [-0.25, -0.2) is 4.79 Å². The minimum Gasteiger partial charge on any atom is -0.478 e. The van der Waals surface area contributed by atoms with Crippen LogP contribution in [-0.4, -0.2) is 22.3 Å². The molecule has 98 valence electrons. The van der Waals surface area contributed by atoms with E-state index in [0.717, 1.165) is 18.4 Å². The molecule has 1 aliphatic rings. The summed E-state index contributed by atoms with van der Waals surface area (Å²) in [6.07, 6.45) is 6.31. The van der Waals surface area contributed by atoms with E-state index >= 15 is 0 Å². The van der Waals surface area contributed by atoms with Crippen LogP contribution >= 0.6 is 0 Å². The summed E-state index contributed by atoms with van der Waals surface area (Å²) < 4.78 is 0. The largest absolute Gasteiger partial charge is 0.478 e. The third kappa shape index (κ3) is 3.33. The van der Waals surface area contributed by atoms with E-state index in [1.807, 2.05) is 0 Å². The number of aliphatic hydroxyl groups is 1. The second kappa shape index (κ2) is 6.01. The van der Waals surface area contributed by atoms with Gasteiger partial charge in [0.15, 0.2) is 0 Å². The fraction of sp³-hybridized carbons (Fsp3) is 0.533. The van der Waals surface area contributed by atoms with E-state index in [0.29, 0.717) is 17.9 Å². The number of hydrogen-bond donors (Lipinski definition) is 2. The van der Waals surface area contributed by atoms with Gasteiger partial charge in [0.05, 0.1) is 11.7 Å². The van der Waals surface area contributed by atoms with Crippen molar-refractivity contribution in [3.8, 4) is 0 Å². The summed E-state index contributed by atoms with van der Waals surface area (Å²) in [5.74, 6) is -0.493. The second-order valence-corrected chi connectivity index (χ2v) is 5.17. The first-order valence-electron chi connectivity index (χ1n) is 6.67. The van der Waals surface area contributed by atoms with Crippen LogP contribution < -0.4 is 0 Å². The maximum atomic E-state index is 10.7. The van der Waals surface area contributed by atoms with Crippen LogP contribution in [0.4, 0.5) is 0 Å². The summed E-state index contributed by atoms with van der Waals surface area (Å²) in [7, 11) is 0. The first kappa shape index (κ1) is 13.1. The third-order valence-electron chi connectivity index (χ3n) is 3.84.